The third-order valence-corrected chi connectivity index (χ3v) is 3.79. The molecule has 0 aliphatic carbocycles. The standard InChI is InChI=1S/C13H27NO/c1-11(10-15-5)14-8-6-12(7-9-14)13(2,3)4/h11-12H,6-10H2,1-5H3. The van der Waals surface area contributed by atoms with Crippen molar-refractivity contribution in [1.82, 2.24) is 4.90 Å². The summed E-state index contributed by atoms with van der Waals surface area (Å²) in [5, 5.41) is 0. The van der Waals surface area contributed by atoms with E-state index in [4.69, 9.17) is 4.74 Å². The van der Waals surface area contributed by atoms with Gasteiger partial charge < -0.3 is 4.74 Å². The topological polar surface area (TPSA) is 12.5 Å². The lowest BCUT2D eigenvalue weighted by Crippen LogP contribution is -2.44. The van der Waals surface area contributed by atoms with Crippen molar-refractivity contribution < 1.29 is 4.74 Å². The molecule has 0 bridgehead atoms. The largest absolute Gasteiger partial charge is 0.383 e. The van der Waals surface area contributed by atoms with Crippen LogP contribution in [0.5, 0.6) is 0 Å². The third kappa shape index (κ3) is 3.76. The van der Waals surface area contributed by atoms with Gasteiger partial charge in [0.2, 0.25) is 0 Å². The van der Waals surface area contributed by atoms with E-state index >= 15 is 0 Å². The molecule has 1 fully saturated rings. The van der Waals surface area contributed by atoms with Gasteiger partial charge in [-0.2, -0.15) is 0 Å². The van der Waals surface area contributed by atoms with Crippen LogP contribution < -0.4 is 0 Å². The molecule has 1 aliphatic rings. The molecule has 1 heterocycles. The smallest absolute Gasteiger partial charge is 0.0615 e. The number of hydrogen-bond acceptors (Lipinski definition) is 2. The second-order valence-electron chi connectivity index (χ2n) is 5.98. The van der Waals surface area contributed by atoms with Crippen molar-refractivity contribution in [2.75, 3.05) is 26.8 Å². The minimum Gasteiger partial charge on any atom is -0.383 e. The van der Waals surface area contributed by atoms with Crippen LogP contribution in [0.2, 0.25) is 0 Å². The first-order chi connectivity index (χ1) is 6.95. The fourth-order valence-corrected chi connectivity index (χ4v) is 2.55. The first kappa shape index (κ1) is 13.0. The summed E-state index contributed by atoms with van der Waals surface area (Å²) >= 11 is 0. The summed E-state index contributed by atoms with van der Waals surface area (Å²) in [6.07, 6.45) is 2.69. The molecule has 0 amide bonds. The lowest BCUT2D eigenvalue weighted by Gasteiger charge is -2.40. The summed E-state index contributed by atoms with van der Waals surface area (Å²) < 4.78 is 5.21. The lowest BCUT2D eigenvalue weighted by atomic mass is 9.75. The van der Waals surface area contributed by atoms with Gasteiger partial charge in [0, 0.05) is 13.2 Å². The van der Waals surface area contributed by atoms with Crippen LogP contribution in [0.15, 0.2) is 0 Å². The molecule has 0 radical (unpaired) electrons. The Labute approximate surface area is 95.0 Å². The van der Waals surface area contributed by atoms with Crippen molar-refractivity contribution in [3.8, 4) is 0 Å². The van der Waals surface area contributed by atoms with E-state index < -0.39 is 0 Å². The van der Waals surface area contributed by atoms with Gasteiger partial charge in [0.25, 0.3) is 0 Å². The summed E-state index contributed by atoms with van der Waals surface area (Å²) in [5.74, 6) is 0.892. The van der Waals surface area contributed by atoms with Crippen molar-refractivity contribution >= 4 is 0 Å². The van der Waals surface area contributed by atoms with E-state index in [0.29, 0.717) is 11.5 Å². The molecule has 1 saturated heterocycles. The van der Waals surface area contributed by atoms with Crippen LogP contribution in [0, 0.1) is 11.3 Å². The maximum Gasteiger partial charge on any atom is 0.0615 e. The molecule has 2 heteroatoms. The summed E-state index contributed by atoms with van der Waals surface area (Å²) in [5.41, 5.74) is 0.483. The molecule has 1 atom stereocenters. The Morgan fingerprint density at radius 3 is 2.20 bits per heavy atom. The van der Waals surface area contributed by atoms with E-state index in [0.717, 1.165) is 12.5 Å². The SMILES string of the molecule is COCC(C)N1CCC(C(C)(C)C)CC1. The Balaban J connectivity index is 2.36. The molecule has 15 heavy (non-hydrogen) atoms. The molecule has 0 aromatic heterocycles. The molecule has 1 aliphatic heterocycles. The Hall–Kier alpha value is -0.0800. The van der Waals surface area contributed by atoms with Gasteiger partial charge in [-0.3, -0.25) is 4.90 Å². The zero-order valence-electron chi connectivity index (χ0n) is 11.0. The molecule has 0 spiro atoms. The van der Waals surface area contributed by atoms with Gasteiger partial charge >= 0.3 is 0 Å². The van der Waals surface area contributed by atoms with Gasteiger partial charge in [-0.25, -0.2) is 0 Å². The number of methoxy groups -OCH3 is 1. The van der Waals surface area contributed by atoms with Crippen LogP contribution in [0.1, 0.15) is 40.5 Å². The predicted octanol–water partition coefficient (Wildman–Crippen LogP) is 2.78. The summed E-state index contributed by atoms with van der Waals surface area (Å²) in [6, 6.07) is 0.580. The van der Waals surface area contributed by atoms with Crippen molar-refractivity contribution in [3.63, 3.8) is 0 Å². The summed E-state index contributed by atoms with van der Waals surface area (Å²) in [7, 11) is 1.79. The van der Waals surface area contributed by atoms with E-state index in [1.54, 1.807) is 7.11 Å². The average molecular weight is 213 g/mol. The minimum absolute atomic E-state index is 0.483. The first-order valence-corrected chi connectivity index (χ1v) is 6.18. The number of likely N-dealkylation sites (tertiary alicyclic amines) is 1. The van der Waals surface area contributed by atoms with E-state index in [1.807, 2.05) is 0 Å². The monoisotopic (exact) mass is 213 g/mol. The van der Waals surface area contributed by atoms with Crippen LogP contribution in [-0.4, -0.2) is 37.7 Å². The molecular weight excluding hydrogens is 186 g/mol. The zero-order valence-corrected chi connectivity index (χ0v) is 11.0. The summed E-state index contributed by atoms with van der Waals surface area (Å²) in [6.45, 7) is 12.7. The van der Waals surface area contributed by atoms with E-state index in [2.05, 4.69) is 32.6 Å². The number of ether oxygens (including phenoxy) is 1. The first-order valence-electron chi connectivity index (χ1n) is 6.18. The fourth-order valence-electron chi connectivity index (χ4n) is 2.55. The Morgan fingerprint density at radius 1 is 1.27 bits per heavy atom. The Kier molecular flexibility index (Phi) is 4.60. The molecule has 1 unspecified atom stereocenters. The van der Waals surface area contributed by atoms with Crippen molar-refractivity contribution in [2.24, 2.45) is 11.3 Å². The zero-order chi connectivity index (χ0) is 11.5. The molecule has 0 aromatic rings. The average Bonchev–Trinajstić information content (AvgIpc) is 2.17. The van der Waals surface area contributed by atoms with Crippen LogP contribution in [-0.2, 0) is 4.74 Å². The molecule has 1 rings (SSSR count). The van der Waals surface area contributed by atoms with Gasteiger partial charge in [-0.1, -0.05) is 20.8 Å². The van der Waals surface area contributed by atoms with Crippen molar-refractivity contribution in [1.29, 1.82) is 0 Å². The van der Waals surface area contributed by atoms with Crippen molar-refractivity contribution in [3.05, 3.63) is 0 Å². The van der Waals surface area contributed by atoms with Gasteiger partial charge in [-0.15, -0.1) is 0 Å². The molecule has 2 nitrogen and oxygen atoms in total. The number of nitrogens with zero attached hydrogens (tertiary/aromatic N) is 1. The molecule has 0 N–H and O–H groups in total. The van der Waals surface area contributed by atoms with Gasteiger partial charge in [0.05, 0.1) is 6.61 Å². The maximum absolute atomic E-state index is 5.21. The second-order valence-corrected chi connectivity index (χ2v) is 5.98. The van der Waals surface area contributed by atoms with E-state index in [9.17, 15) is 0 Å². The van der Waals surface area contributed by atoms with Crippen LogP contribution in [0.4, 0.5) is 0 Å². The van der Waals surface area contributed by atoms with Crippen LogP contribution >= 0.6 is 0 Å². The normalized spacial score (nSPS) is 23.0. The van der Waals surface area contributed by atoms with Crippen LogP contribution in [0.25, 0.3) is 0 Å². The second kappa shape index (κ2) is 5.31. The fraction of sp³-hybridized carbons (Fsp3) is 1.00. The molecular formula is C13H27NO. The molecule has 0 aromatic carbocycles. The quantitative estimate of drug-likeness (QED) is 0.715. The maximum atomic E-state index is 5.21. The highest BCUT2D eigenvalue weighted by Crippen LogP contribution is 2.34. The highest BCUT2D eigenvalue weighted by atomic mass is 16.5. The predicted molar refractivity (Wildman–Crippen MR) is 65.1 cm³/mol. The Bertz CT molecular complexity index is 177. The third-order valence-electron chi connectivity index (χ3n) is 3.79. The summed E-state index contributed by atoms with van der Waals surface area (Å²) in [4.78, 5) is 2.56. The molecule has 0 saturated carbocycles. The van der Waals surface area contributed by atoms with Gasteiger partial charge in [0.15, 0.2) is 0 Å². The highest BCUT2D eigenvalue weighted by Gasteiger charge is 2.29. The lowest BCUT2D eigenvalue weighted by molar-refractivity contribution is 0.0507. The number of piperidine rings is 1. The molecule has 90 valence electrons. The van der Waals surface area contributed by atoms with E-state index in [-0.39, 0.29) is 0 Å². The van der Waals surface area contributed by atoms with E-state index in [1.165, 1.54) is 25.9 Å². The number of hydrogen-bond donors (Lipinski definition) is 0. The Morgan fingerprint density at radius 2 is 1.80 bits per heavy atom. The highest BCUT2D eigenvalue weighted by molar-refractivity contribution is 4.82. The van der Waals surface area contributed by atoms with Crippen LogP contribution in [0.3, 0.4) is 0 Å². The van der Waals surface area contributed by atoms with Crippen molar-refractivity contribution in [2.45, 2.75) is 46.6 Å². The minimum atomic E-state index is 0.483. The van der Waals surface area contributed by atoms with Gasteiger partial charge in [-0.05, 0) is 44.2 Å². The van der Waals surface area contributed by atoms with Gasteiger partial charge in [0.1, 0.15) is 0 Å². The number of rotatable bonds is 3.